The van der Waals surface area contributed by atoms with Gasteiger partial charge in [-0.25, -0.2) is 0 Å². The zero-order chi connectivity index (χ0) is 11.5. The van der Waals surface area contributed by atoms with Gasteiger partial charge in [-0.3, -0.25) is 4.79 Å². The van der Waals surface area contributed by atoms with Crippen LogP contribution in [0.25, 0.3) is 5.57 Å². The molecule has 1 aromatic carbocycles. The predicted octanol–water partition coefficient (Wildman–Crippen LogP) is 2.50. The molecule has 0 radical (unpaired) electrons. The van der Waals surface area contributed by atoms with E-state index < -0.39 is 5.97 Å². The van der Waals surface area contributed by atoms with Crippen LogP contribution < -0.4 is 4.74 Å². The molecule has 0 fully saturated rings. The van der Waals surface area contributed by atoms with Gasteiger partial charge in [-0.1, -0.05) is 12.6 Å². The molecule has 0 aliphatic carbocycles. The second-order valence-electron chi connectivity index (χ2n) is 3.95. The molecule has 3 heteroatoms. The summed E-state index contributed by atoms with van der Waals surface area (Å²) in [6, 6.07) is 5.76. The van der Waals surface area contributed by atoms with E-state index in [-0.39, 0.29) is 6.42 Å². The maximum absolute atomic E-state index is 10.6. The summed E-state index contributed by atoms with van der Waals surface area (Å²) >= 11 is 0. The quantitative estimate of drug-likeness (QED) is 0.847. The van der Waals surface area contributed by atoms with E-state index in [1.165, 1.54) is 0 Å². The summed E-state index contributed by atoms with van der Waals surface area (Å²) in [5.41, 5.74) is 2.68. The molecule has 16 heavy (non-hydrogen) atoms. The number of carboxylic acid groups (broad SMARTS) is 1. The molecule has 0 aromatic heterocycles. The highest BCUT2D eigenvalue weighted by Crippen LogP contribution is 2.28. The highest BCUT2D eigenvalue weighted by Gasteiger charge is 2.12. The minimum absolute atomic E-state index is 0.0142. The van der Waals surface area contributed by atoms with Gasteiger partial charge in [0.25, 0.3) is 0 Å². The number of hydrogen-bond donors (Lipinski definition) is 1. The summed E-state index contributed by atoms with van der Waals surface area (Å²) in [5.74, 6) is 0.0668. The molecule has 1 N–H and O–H groups in total. The first-order valence-corrected chi connectivity index (χ1v) is 5.32. The van der Waals surface area contributed by atoms with Gasteiger partial charge >= 0.3 is 5.97 Å². The molecule has 1 aromatic rings. The molecule has 0 unspecified atom stereocenters. The molecule has 0 spiro atoms. The molecule has 1 aliphatic heterocycles. The standard InChI is InChI=1S/C13H14O3/c1-9(7-13(14)15)10-4-5-12-11(8-10)3-2-6-16-12/h4-5,8H,1-3,6-7H2,(H,14,15). The molecule has 0 atom stereocenters. The van der Waals surface area contributed by atoms with E-state index in [2.05, 4.69) is 6.58 Å². The van der Waals surface area contributed by atoms with Crippen LogP contribution in [0.2, 0.25) is 0 Å². The number of aliphatic carboxylic acids is 1. The van der Waals surface area contributed by atoms with Crippen LogP contribution in [0.4, 0.5) is 0 Å². The molecule has 0 saturated heterocycles. The topological polar surface area (TPSA) is 46.5 Å². The smallest absolute Gasteiger partial charge is 0.307 e. The Morgan fingerprint density at radius 1 is 1.50 bits per heavy atom. The molecule has 0 bridgehead atoms. The molecular formula is C13H14O3. The van der Waals surface area contributed by atoms with Crippen LogP contribution in [0, 0.1) is 0 Å². The van der Waals surface area contributed by atoms with Crippen molar-refractivity contribution >= 4 is 11.5 Å². The molecule has 1 aliphatic rings. The Kier molecular flexibility index (Phi) is 2.95. The third-order valence-electron chi connectivity index (χ3n) is 2.68. The van der Waals surface area contributed by atoms with Crippen molar-refractivity contribution in [1.82, 2.24) is 0 Å². The summed E-state index contributed by atoms with van der Waals surface area (Å²) in [4.78, 5) is 10.6. The Hall–Kier alpha value is -1.77. The zero-order valence-corrected chi connectivity index (χ0v) is 9.03. The van der Waals surface area contributed by atoms with Crippen molar-refractivity contribution < 1.29 is 14.6 Å². The number of rotatable bonds is 3. The lowest BCUT2D eigenvalue weighted by molar-refractivity contribution is -0.135. The van der Waals surface area contributed by atoms with Gasteiger partial charge < -0.3 is 9.84 Å². The van der Waals surface area contributed by atoms with Gasteiger partial charge in [0.05, 0.1) is 13.0 Å². The largest absolute Gasteiger partial charge is 0.493 e. The SMILES string of the molecule is C=C(CC(=O)O)c1ccc2c(c1)CCCO2. The summed E-state index contributed by atoms with van der Waals surface area (Å²) < 4.78 is 5.49. The minimum Gasteiger partial charge on any atom is -0.493 e. The van der Waals surface area contributed by atoms with Crippen molar-refractivity contribution in [1.29, 1.82) is 0 Å². The Morgan fingerprint density at radius 2 is 2.31 bits per heavy atom. The normalized spacial score (nSPS) is 13.8. The molecule has 3 nitrogen and oxygen atoms in total. The Balaban J connectivity index is 2.23. The molecule has 1 heterocycles. The summed E-state index contributed by atoms with van der Waals surface area (Å²) in [6.45, 7) is 4.56. The first-order chi connectivity index (χ1) is 7.66. The van der Waals surface area contributed by atoms with Gasteiger partial charge in [0.2, 0.25) is 0 Å². The lowest BCUT2D eigenvalue weighted by Gasteiger charge is -2.18. The average molecular weight is 218 g/mol. The van der Waals surface area contributed by atoms with Crippen LogP contribution in [0.15, 0.2) is 24.8 Å². The number of hydrogen-bond acceptors (Lipinski definition) is 2. The van der Waals surface area contributed by atoms with Crippen LogP contribution in [-0.4, -0.2) is 17.7 Å². The number of carbonyl (C=O) groups is 1. The van der Waals surface area contributed by atoms with Crippen LogP contribution in [0.5, 0.6) is 5.75 Å². The maximum atomic E-state index is 10.6. The van der Waals surface area contributed by atoms with Crippen LogP contribution in [0.1, 0.15) is 24.0 Å². The predicted molar refractivity (Wildman–Crippen MR) is 61.5 cm³/mol. The first-order valence-electron chi connectivity index (χ1n) is 5.32. The molecule has 0 saturated carbocycles. The number of fused-ring (bicyclic) bond motifs is 1. The van der Waals surface area contributed by atoms with Gasteiger partial charge in [-0.2, -0.15) is 0 Å². The van der Waals surface area contributed by atoms with E-state index in [4.69, 9.17) is 9.84 Å². The zero-order valence-electron chi connectivity index (χ0n) is 9.03. The van der Waals surface area contributed by atoms with Crippen molar-refractivity contribution in [2.24, 2.45) is 0 Å². The fraction of sp³-hybridized carbons (Fsp3) is 0.308. The lowest BCUT2D eigenvalue weighted by Crippen LogP contribution is -2.08. The van der Waals surface area contributed by atoms with Gasteiger partial charge in [-0.15, -0.1) is 0 Å². The number of aryl methyl sites for hydroxylation is 1. The summed E-state index contributed by atoms with van der Waals surface area (Å²) in [7, 11) is 0. The van der Waals surface area contributed by atoms with E-state index in [0.717, 1.165) is 36.3 Å². The molecule has 2 rings (SSSR count). The fourth-order valence-corrected chi connectivity index (χ4v) is 1.86. The van der Waals surface area contributed by atoms with E-state index in [9.17, 15) is 4.79 Å². The van der Waals surface area contributed by atoms with Crippen LogP contribution in [-0.2, 0) is 11.2 Å². The maximum Gasteiger partial charge on any atom is 0.307 e. The van der Waals surface area contributed by atoms with E-state index in [1.54, 1.807) is 0 Å². The van der Waals surface area contributed by atoms with Crippen molar-refractivity contribution in [3.05, 3.63) is 35.9 Å². The third kappa shape index (κ3) is 2.24. The highest BCUT2D eigenvalue weighted by molar-refractivity contribution is 5.83. The van der Waals surface area contributed by atoms with E-state index >= 15 is 0 Å². The first kappa shape index (κ1) is 10.7. The lowest BCUT2D eigenvalue weighted by atomic mass is 9.98. The van der Waals surface area contributed by atoms with E-state index in [0.29, 0.717) is 5.57 Å². The number of benzene rings is 1. The third-order valence-corrected chi connectivity index (χ3v) is 2.68. The average Bonchev–Trinajstić information content (AvgIpc) is 2.27. The van der Waals surface area contributed by atoms with Crippen molar-refractivity contribution in [2.75, 3.05) is 6.61 Å². The highest BCUT2D eigenvalue weighted by atomic mass is 16.5. The number of ether oxygens (including phenoxy) is 1. The van der Waals surface area contributed by atoms with Gasteiger partial charge in [0, 0.05) is 0 Å². The van der Waals surface area contributed by atoms with Crippen molar-refractivity contribution in [2.45, 2.75) is 19.3 Å². The van der Waals surface area contributed by atoms with Crippen molar-refractivity contribution in [3.8, 4) is 5.75 Å². The fourth-order valence-electron chi connectivity index (χ4n) is 1.86. The second-order valence-corrected chi connectivity index (χ2v) is 3.95. The number of carboxylic acids is 1. The summed E-state index contributed by atoms with van der Waals surface area (Å²) in [5, 5.41) is 8.70. The summed E-state index contributed by atoms with van der Waals surface area (Å²) in [6.07, 6.45) is 1.99. The Morgan fingerprint density at radius 3 is 3.06 bits per heavy atom. The Labute approximate surface area is 94.4 Å². The van der Waals surface area contributed by atoms with E-state index in [1.807, 2.05) is 18.2 Å². The molecule has 84 valence electrons. The van der Waals surface area contributed by atoms with Crippen LogP contribution >= 0.6 is 0 Å². The van der Waals surface area contributed by atoms with Crippen LogP contribution in [0.3, 0.4) is 0 Å². The monoisotopic (exact) mass is 218 g/mol. The minimum atomic E-state index is -0.848. The molecule has 0 amide bonds. The van der Waals surface area contributed by atoms with Crippen molar-refractivity contribution in [3.63, 3.8) is 0 Å². The second kappa shape index (κ2) is 4.39. The van der Waals surface area contributed by atoms with Gasteiger partial charge in [0.15, 0.2) is 0 Å². The van der Waals surface area contributed by atoms with Gasteiger partial charge in [0.1, 0.15) is 5.75 Å². The Bertz CT molecular complexity index is 435. The molecular weight excluding hydrogens is 204 g/mol. The van der Waals surface area contributed by atoms with Gasteiger partial charge in [-0.05, 0) is 41.7 Å².